The van der Waals surface area contributed by atoms with Gasteiger partial charge in [0.25, 0.3) is 0 Å². The highest BCUT2D eigenvalue weighted by Gasteiger charge is 2.43. The van der Waals surface area contributed by atoms with Crippen LogP contribution in [0.5, 0.6) is 0 Å². The largest absolute Gasteiger partial charge is 0.393 e. The summed E-state index contributed by atoms with van der Waals surface area (Å²) in [5, 5.41) is 12.5. The number of hydrogen-bond acceptors (Lipinski definition) is 3. The van der Waals surface area contributed by atoms with E-state index in [1.54, 1.807) is 0 Å². The van der Waals surface area contributed by atoms with E-state index in [0.29, 0.717) is 12.5 Å². The molecule has 0 spiro atoms. The quantitative estimate of drug-likeness (QED) is 0.682. The molecule has 2 fully saturated rings. The van der Waals surface area contributed by atoms with Crippen molar-refractivity contribution in [2.75, 3.05) is 6.54 Å². The van der Waals surface area contributed by atoms with Crippen molar-refractivity contribution >= 4 is 5.91 Å². The molecule has 4 nitrogen and oxygen atoms in total. The van der Waals surface area contributed by atoms with Crippen LogP contribution in [0.15, 0.2) is 0 Å². The Morgan fingerprint density at radius 1 is 1.47 bits per heavy atom. The maximum absolute atomic E-state index is 12.2. The van der Waals surface area contributed by atoms with Gasteiger partial charge in [0, 0.05) is 12.6 Å². The fourth-order valence-corrected chi connectivity index (χ4v) is 3.15. The molecule has 0 aromatic carbocycles. The van der Waals surface area contributed by atoms with Crippen LogP contribution in [0.3, 0.4) is 0 Å². The van der Waals surface area contributed by atoms with E-state index < -0.39 is 0 Å². The smallest absolute Gasteiger partial charge is 0.227 e. The van der Waals surface area contributed by atoms with Crippen molar-refractivity contribution in [1.29, 1.82) is 0 Å². The molecule has 0 saturated heterocycles. The van der Waals surface area contributed by atoms with E-state index in [2.05, 4.69) is 5.32 Å². The lowest BCUT2D eigenvalue weighted by atomic mass is 9.84. The van der Waals surface area contributed by atoms with Gasteiger partial charge in [0.05, 0.1) is 11.5 Å². The zero-order valence-corrected chi connectivity index (χ0v) is 10.6. The Hall–Kier alpha value is -0.610. The normalized spacial score (nSPS) is 41.7. The summed E-state index contributed by atoms with van der Waals surface area (Å²) in [6, 6.07) is -0.00308. The van der Waals surface area contributed by atoms with Crippen LogP contribution >= 0.6 is 0 Å². The standard InChI is InChI=1S/C13H24N2O2/c1-13(6-2-3-11(13)14)12(17)15-8-9-4-5-10(16)7-9/h9-11,16H,2-8,14H2,1H3,(H,15,17). The van der Waals surface area contributed by atoms with Crippen molar-refractivity contribution in [3.8, 4) is 0 Å². The van der Waals surface area contributed by atoms with Crippen molar-refractivity contribution in [3.05, 3.63) is 0 Å². The minimum absolute atomic E-state index is 0.00308. The lowest BCUT2D eigenvalue weighted by Gasteiger charge is -2.28. The number of hydrogen-bond donors (Lipinski definition) is 3. The molecule has 17 heavy (non-hydrogen) atoms. The number of aliphatic hydroxyl groups is 1. The molecule has 2 aliphatic carbocycles. The van der Waals surface area contributed by atoms with Gasteiger partial charge in [-0.3, -0.25) is 4.79 Å². The molecule has 4 heteroatoms. The van der Waals surface area contributed by atoms with Crippen LogP contribution in [0.25, 0.3) is 0 Å². The topological polar surface area (TPSA) is 75.3 Å². The van der Waals surface area contributed by atoms with Crippen LogP contribution in [0.1, 0.15) is 45.4 Å². The summed E-state index contributed by atoms with van der Waals surface area (Å²) in [7, 11) is 0. The minimum Gasteiger partial charge on any atom is -0.393 e. The second kappa shape index (κ2) is 4.94. The van der Waals surface area contributed by atoms with Crippen molar-refractivity contribution in [1.82, 2.24) is 5.32 Å². The highest BCUT2D eigenvalue weighted by Crippen LogP contribution is 2.37. The van der Waals surface area contributed by atoms with Gasteiger partial charge in [-0.25, -0.2) is 0 Å². The van der Waals surface area contributed by atoms with Gasteiger partial charge >= 0.3 is 0 Å². The highest BCUT2D eigenvalue weighted by atomic mass is 16.3. The molecule has 0 aromatic heterocycles. The number of rotatable bonds is 3. The first-order valence-corrected chi connectivity index (χ1v) is 6.74. The van der Waals surface area contributed by atoms with E-state index >= 15 is 0 Å². The molecule has 0 bridgehead atoms. The number of aliphatic hydroxyl groups excluding tert-OH is 1. The molecule has 0 radical (unpaired) electrons. The zero-order chi connectivity index (χ0) is 12.5. The summed E-state index contributed by atoms with van der Waals surface area (Å²) in [4.78, 5) is 12.2. The van der Waals surface area contributed by atoms with Gasteiger partial charge in [-0.05, 0) is 44.9 Å². The van der Waals surface area contributed by atoms with Gasteiger partial charge < -0.3 is 16.2 Å². The monoisotopic (exact) mass is 240 g/mol. The molecule has 4 N–H and O–H groups in total. The summed E-state index contributed by atoms with van der Waals surface area (Å²) < 4.78 is 0. The number of nitrogens with one attached hydrogen (secondary N) is 1. The van der Waals surface area contributed by atoms with Crippen molar-refractivity contribution < 1.29 is 9.90 Å². The first kappa shape index (κ1) is 12.8. The van der Waals surface area contributed by atoms with Crippen LogP contribution in [-0.2, 0) is 4.79 Å². The molecule has 4 unspecified atom stereocenters. The van der Waals surface area contributed by atoms with Gasteiger partial charge in [0.2, 0.25) is 5.91 Å². The SMILES string of the molecule is CC1(C(=O)NCC2CCC(O)C2)CCCC1N. The number of nitrogens with two attached hydrogens (primary N) is 1. The molecule has 4 atom stereocenters. The molecular weight excluding hydrogens is 216 g/mol. The summed E-state index contributed by atoms with van der Waals surface area (Å²) in [5.41, 5.74) is 5.64. The van der Waals surface area contributed by atoms with Crippen LogP contribution in [0.2, 0.25) is 0 Å². The summed E-state index contributed by atoms with van der Waals surface area (Å²) >= 11 is 0. The average molecular weight is 240 g/mol. The first-order valence-electron chi connectivity index (χ1n) is 6.74. The van der Waals surface area contributed by atoms with Gasteiger partial charge in [-0.15, -0.1) is 0 Å². The van der Waals surface area contributed by atoms with E-state index in [1.165, 1.54) is 0 Å². The molecule has 0 heterocycles. The Labute approximate surface area is 103 Å². The Kier molecular flexibility index (Phi) is 3.73. The van der Waals surface area contributed by atoms with E-state index in [9.17, 15) is 9.90 Å². The average Bonchev–Trinajstić information content (AvgIpc) is 2.84. The van der Waals surface area contributed by atoms with Crippen LogP contribution in [0.4, 0.5) is 0 Å². The van der Waals surface area contributed by atoms with Crippen molar-refractivity contribution in [2.45, 2.75) is 57.6 Å². The van der Waals surface area contributed by atoms with Crippen molar-refractivity contribution in [3.63, 3.8) is 0 Å². The van der Waals surface area contributed by atoms with Crippen molar-refractivity contribution in [2.24, 2.45) is 17.1 Å². The zero-order valence-electron chi connectivity index (χ0n) is 10.6. The molecule has 1 amide bonds. The number of carbonyl (C=O) groups excluding carboxylic acids is 1. The Bertz CT molecular complexity index is 295. The predicted molar refractivity (Wildman–Crippen MR) is 66.3 cm³/mol. The maximum atomic E-state index is 12.2. The van der Waals surface area contributed by atoms with E-state index in [0.717, 1.165) is 38.5 Å². The Balaban J connectivity index is 1.81. The second-order valence-corrected chi connectivity index (χ2v) is 5.96. The molecule has 98 valence electrons. The van der Waals surface area contributed by atoms with E-state index in [-0.39, 0.29) is 23.5 Å². The Morgan fingerprint density at radius 3 is 2.76 bits per heavy atom. The predicted octanol–water partition coefficient (Wildman–Crippen LogP) is 0.781. The minimum atomic E-state index is -0.378. The number of amides is 1. The fourth-order valence-electron chi connectivity index (χ4n) is 3.15. The number of carbonyl (C=O) groups is 1. The lowest BCUT2D eigenvalue weighted by Crippen LogP contribution is -2.48. The van der Waals surface area contributed by atoms with Crippen LogP contribution in [0, 0.1) is 11.3 Å². The van der Waals surface area contributed by atoms with Gasteiger partial charge in [0.15, 0.2) is 0 Å². The van der Waals surface area contributed by atoms with Crippen LogP contribution in [-0.4, -0.2) is 29.7 Å². The van der Waals surface area contributed by atoms with E-state index in [4.69, 9.17) is 5.73 Å². The summed E-state index contributed by atoms with van der Waals surface area (Å²) in [5.74, 6) is 0.541. The Morgan fingerprint density at radius 2 is 2.24 bits per heavy atom. The third kappa shape index (κ3) is 2.63. The lowest BCUT2D eigenvalue weighted by molar-refractivity contribution is -0.130. The molecule has 2 rings (SSSR count). The molecular formula is C13H24N2O2. The molecule has 2 aliphatic rings. The van der Waals surface area contributed by atoms with Gasteiger partial charge in [-0.2, -0.15) is 0 Å². The van der Waals surface area contributed by atoms with Gasteiger partial charge in [0.1, 0.15) is 0 Å². The highest BCUT2D eigenvalue weighted by molar-refractivity contribution is 5.83. The fraction of sp³-hybridized carbons (Fsp3) is 0.923. The van der Waals surface area contributed by atoms with E-state index in [1.807, 2.05) is 6.92 Å². The third-order valence-electron chi connectivity index (χ3n) is 4.61. The first-order chi connectivity index (χ1) is 8.02. The second-order valence-electron chi connectivity index (χ2n) is 5.96. The van der Waals surface area contributed by atoms with Crippen LogP contribution < -0.4 is 11.1 Å². The summed E-state index contributed by atoms with van der Waals surface area (Å²) in [6.07, 6.45) is 5.44. The molecule has 0 aliphatic heterocycles. The maximum Gasteiger partial charge on any atom is 0.227 e. The van der Waals surface area contributed by atoms with Gasteiger partial charge in [-0.1, -0.05) is 6.42 Å². The molecule has 2 saturated carbocycles. The third-order valence-corrected chi connectivity index (χ3v) is 4.61. The molecule has 0 aromatic rings. The summed E-state index contributed by atoms with van der Waals surface area (Å²) in [6.45, 7) is 2.67.